The van der Waals surface area contributed by atoms with Crippen molar-refractivity contribution in [2.45, 2.75) is 24.7 Å². The SMILES string of the molecule is C=CC(=O)N1CC[C@]2(c3cccc(OC)c3)Cc3[nH]c4cc(Br)ccc4c3CC2C1. The van der Waals surface area contributed by atoms with Crippen LogP contribution in [0.1, 0.15) is 23.2 Å². The number of carbonyl (C=O) groups is 1. The number of amides is 1. The Kier molecular flexibility index (Phi) is 4.73. The standard InChI is InChI=1S/C25H25BrN2O2/c1-3-24(29)28-10-9-25(16-5-4-6-19(11-16)30-2)14-23-21(12-17(25)15-28)20-8-7-18(26)13-22(20)27-23/h3-8,11,13,17,27H,1,9-10,12,14-15H2,2H3/t17?,25-/m1/s1. The lowest BCUT2D eigenvalue weighted by molar-refractivity contribution is -0.129. The second-order valence-corrected chi connectivity index (χ2v) is 9.39. The molecule has 5 heteroatoms. The molecule has 0 saturated carbocycles. The lowest BCUT2D eigenvalue weighted by Crippen LogP contribution is -2.54. The first-order chi connectivity index (χ1) is 14.5. The maximum atomic E-state index is 12.4. The van der Waals surface area contributed by atoms with Gasteiger partial charge in [0.05, 0.1) is 7.11 Å². The van der Waals surface area contributed by atoms with E-state index in [0.29, 0.717) is 5.92 Å². The molecule has 3 aromatic rings. The van der Waals surface area contributed by atoms with Crippen molar-refractivity contribution >= 4 is 32.7 Å². The van der Waals surface area contributed by atoms with Crippen LogP contribution in [0.2, 0.25) is 0 Å². The predicted molar refractivity (Wildman–Crippen MR) is 123 cm³/mol. The van der Waals surface area contributed by atoms with Gasteiger partial charge < -0.3 is 14.6 Å². The third-order valence-corrected chi connectivity index (χ3v) is 7.57. The number of hydrogen-bond donors (Lipinski definition) is 1. The number of aromatic amines is 1. The maximum absolute atomic E-state index is 12.4. The minimum absolute atomic E-state index is 0.0163. The normalized spacial score (nSPS) is 23.0. The summed E-state index contributed by atoms with van der Waals surface area (Å²) in [6.45, 7) is 5.20. The summed E-state index contributed by atoms with van der Waals surface area (Å²) < 4.78 is 6.62. The summed E-state index contributed by atoms with van der Waals surface area (Å²) in [5.41, 5.74) is 5.19. The molecule has 0 radical (unpaired) electrons. The fraction of sp³-hybridized carbons (Fsp3) is 0.320. The summed E-state index contributed by atoms with van der Waals surface area (Å²) in [6.07, 6.45) is 4.27. The zero-order valence-corrected chi connectivity index (χ0v) is 18.7. The number of piperidine rings is 1. The molecule has 1 unspecified atom stereocenters. The molecular weight excluding hydrogens is 440 g/mol. The highest BCUT2D eigenvalue weighted by Crippen LogP contribution is 2.49. The smallest absolute Gasteiger partial charge is 0.245 e. The van der Waals surface area contributed by atoms with Crippen LogP contribution in [0.3, 0.4) is 0 Å². The summed E-state index contributed by atoms with van der Waals surface area (Å²) >= 11 is 3.59. The Morgan fingerprint density at radius 1 is 1.33 bits per heavy atom. The number of H-pyrrole nitrogens is 1. The summed E-state index contributed by atoms with van der Waals surface area (Å²) in [6, 6.07) is 15.0. The maximum Gasteiger partial charge on any atom is 0.245 e. The van der Waals surface area contributed by atoms with Gasteiger partial charge in [-0.1, -0.05) is 40.7 Å². The first-order valence-corrected chi connectivity index (χ1v) is 11.2. The average molecular weight is 465 g/mol. The Morgan fingerprint density at radius 2 is 2.20 bits per heavy atom. The van der Waals surface area contributed by atoms with Gasteiger partial charge >= 0.3 is 0 Å². The molecule has 2 aromatic carbocycles. The first-order valence-electron chi connectivity index (χ1n) is 10.4. The number of aromatic nitrogens is 1. The largest absolute Gasteiger partial charge is 0.497 e. The quantitative estimate of drug-likeness (QED) is 0.553. The number of fused-ring (bicyclic) bond motifs is 4. The Bertz CT molecular complexity index is 1150. The molecule has 2 aliphatic rings. The van der Waals surface area contributed by atoms with Gasteiger partial charge in [-0.15, -0.1) is 0 Å². The van der Waals surface area contributed by atoms with Crippen LogP contribution in [-0.4, -0.2) is 36.0 Å². The highest BCUT2D eigenvalue weighted by Gasteiger charge is 2.48. The third kappa shape index (κ3) is 2.99. The van der Waals surface area contributed by atoms with Crippen molar-refractivity contribution in [3.8, 4) is 5.75 Å². The number of methoxy groups -OCH3 is 1. The number of nitrogens with one attached hydrogen (secondary N) is 1. The van der Waals surface area contributed by atoms with Crippen LogP contribution >= 0.6 is 15.9 Å². The molecule has 2 atom stereocenters. The van der Waals surface area contributed by atoms with Crippen molar-refractivity contribution in [1.82, 2.24) is 9.88 Å². The molecule has 0 bridgehead atoms. The van der Waals surface area contributed by atoms with Crippen LogP contribution in [-0.2, 0) is 23.1 Å². The molecule has 0 spiro atoms. The molecule has 1 saturated heterocycles. The van der Waals surface area contributed by atoms with E-state index in [1.165, 1.54) is 33.8 Å². The summed E-state index contributed by atoms with van der Waals surface area (Å²) in [7, 11) is 1.72. The Balaban J connectivity index is 1.64. The van der Waals surface area contributed by atoms with E-state index in [-0.39, 0.29) is 11.3 Å². The van der Waals surface area contributed by atoms with E-state index in [2.05, 4.69) is 63.9 Å². The Morgan fingerprint density at radius 3 is 3.00 bits per heavy atom. The topological polar surface area (TPSA) is 45.3 Å². The molecule has 1 amide bonds. The van der Waals surface area contributed by atoms with Crippen LogP contribution in [0, 0.1) is 5.92 Å². The molecule has 30 heavy (non-hydrogen) atoms. The highest BCUT2D eigenvalue weighted by molar-refractivity contribution is 9.10. The summed E-state index contributed by atoms with van der Waals surface area (Å²) in [5.74, 6) is 1.26. The minimum atomic E-state index is -0.0163. The third-order valence-electron chi connectivity index (χ3n) is 7.08. The van der Waals surface area contributed by atoms with Gasteiger partial charge in [0.2, 0.25) is 5.91 Å². The van der Waals surface area contributed by atoms with Crippen molar-refractivity contribution in [3.63, 3.8) is 0 Å². The van der Waals surface area contributed by atoms with Crippen molar-refractivity contribution in [3.05, 3.63) is 76.4 Å². The Labute approximate surface area is 185 Å². The zero-order chi connectivity index (χ0) is 20.9. The zero-order valence-electron chi connectivity index (χ0n) is 17.1. The predicted octanol–water partition coefficient (Wildman–Crippen LogP) is 5.01. The van der Waals surface area contributed by atoms with E-state index < -0.39 is 0 Å². The van der Waals surface area contributed by atoms with Gasteiger partial charge in [0.1, 0.15) is 5.75 Å². The molecule has 5 rings (SSSR count). The van der Waals surface area contributed by atoms with Gasteiger partial charge in [0, 0.05) is 39.6 Å². The number of nitrogens with zero attached hydrogens (tertiary/aromatic N) is 1. The number of hydrogen-bond acceptors (Lipinski definition) is 2. The van der Waals surface area contributed by atoms with E-state index in [1.807, 2.05) is 11.0 Å². The lowest BCUT2D eigenvalue weighted by Gasteiger charge is -2.51. The molecule has 1 aliphatic carbocycles. The molecule has 2 heterocycles. The molecule has 1 N–H and O–H groups in total. The van der Waals surface area contributed by atoms with Gasteiger partial charge in [0.15, 0.2) is 0 Å². The highest BCUT2D eigenvalue weighted by atomic mass is 79.9. The average Bonchev–Trinajstić information content (AvgIpc) is 3.12. The van der Waals surface area contributed by atoms with Gasteiger partial charge in [-0.25, -0.2) is 0 Å². The monoisotopic (exact) mass is 464 g/mol. The van der Waals surface area contributed by atoms with Gasteiger partial charge in [-0.2, -0.15) is 0 Å². The van der Waals surface area contributed by atoms with E-state index in [1.54, 1.807) is 7.11 Å². The van der Waals surface area contributed by atoms with Gasteiger partial charge in [0.25, 0.3) is 0 Å². The van der Waals surface area contributed by atoms with Crippen LogP contribution in [0.5, 0.6) is 5.75 Å². The van der Waals surface area contributed by atoms with Gasteiger partial charge in [-0.3, -0.25) is 4.79 Å². The van der Waals surface area contributed by atoms with Crippen LogP contribution in [0.15, 0.2) is 59.6 Å². The van der Waals surface area contributed by atoms with Crippen molar-refractivity contribution in [2.24, 2.45) is 5.92 Å². The van der Waals surface area contributed by atoms with Crippen molar-refractivity contribution < 1.29 is 9.53 Å². The molecule has 4 nitrogen and oxygen atoms in total. The van der Waals surface area contributed by atoms with Crippen molar-refractivity contribution in [1.29, 1.82) is 0 Å². The second kappa shape index (κ2) is 7.31. The summed E-state index contributed by atoms with van der Waals surface area (Å²) in [4.78, 5) is 18.1. The fourth-order valence-electron chi connectivity index (χ4n) is 5.54. The molecule has 154 valence electrons. The minimum Gasteiger partial charge on any atom is -0.497 e. The number of benzene rings is 2. The van der Waals surface area contributed by atoms with Crippen molar-refractivity contribution in [2.75, 3.05) is 20.2 Å². The number of halogens is 1. The molecule has 1 aliphatic heterocycles. The van der Waals surface area contributed by atoms with E-state index in [9.17, 15) is 4.79 Å². The summed E-state index contributed by atoms with van der Waals surface area (Å²) in [5, 5.41) is 1.29. The fourth-order valence-corrected chi connectivity index (χ4v) is 5.90. The number of ether oxygens (including phenoxy) is 1. The van der Waals surface area contributed by atoms with E-state index in [4.69, 9.17) is 4.74 Å². The second-order valence-electron chi connectivity index (χ2n) is 8.48. The van der Waals surface area contributed by atoms with Crippen LogP contribution in [0.4, 0.5) is 0 Å². The molecule has 1 fully saturated rings. The molecular formula is C25H25BrN2O2. The number of likely N-dealkylation sites (tertiary alicyclic amines) is 1. The van der Waals surface area contributed by atoms with Crippen LogP contribution < -0.4 is 4.74 Å². The number of rotatable bonds is 3. The van der Waals surface area contributed by atoms with E-state index >= 15 is 0 Å². The van der Waals surface area contributed by atoms with E-state index in [0.717, 1.165) is 42.6 Å². The van der Waals surface area contributed by atoms with Crippen LogP contribution in [0.25, 0.3) is 10.9 Å². The Hall–Kier alpha value is -2.53. The number of carbonyl (C=O) groups excluding carboxylic acids is 1. The van der Waals surface area contributed by atoms with Gasteiger partial charge in [-0.05, 0) is 66.6 Å². The molecule has 1 aromatic heterocycles. The first kappa shape index (κ1) is 19.4. The lowest BCUT2D eigenvalue weighted by atomic mass is 9.58.